The van der Waals surface area contributed by atoms with Crippen molar-refractivity contribution in [2.24, 2.45) is 0 Å². The predicted molar refractivity (Wildman–Crippen MR) is 107 cm³/mol. The zero-order valence-electron chi connectivity index (χ0n) is 16.1. The summed E-state index contributed by atoms with van der Waals surface area (Å²) in [5, 5.41) is 0. The Morgan fingerprint density at radius 2 is 1.68 bits per heavy atom. The normalized spacial score (nSPS) is 21.6. The number of piperidine rings is 1. The second kappa shape index (κ2) is 8.84. The topological polar surface area (TPSA) is 32.8 Å². The quantitative estimate of drug-likeness (QED) is 0.810. The van der Waals surface area contributed by atoms with Gasteiger partial charge in [-0.15, -0.1) is 0 Å². The third kappa shape index (κ3) is 4.59. The molecule has 0 N–H and O–H groups in total. The molecule has 0 unspecified atom stereocenters. The first-order valence-electron chi connectivity index (χ1n) is 10.1. The van der Waals surface area contributed by atoms with Crippen LogP contribution < -0.4 is 0 Å². The van der Waals surface area contributed by atoms with Gasteiger partial charge in [-0.2, -0.15) is 0 Å². The first-order chi connectivity index (χ1) is 13.7. The summed E-state index contributed by atoms with van der Waals surface area (Å²) in [4.78, 5) is 17.0. The average molecular weight is 382 g/mol. The Morgan fingerprint density at radius 1 is 0.964 bits per heavy atom. The van der Waals surface area contributed by atoms with Gasteiger partial charge in [-0.1, -0.05) is 42.5 Å². The molecular weight excluding hydrogens is 355 g/mol. The Labute approximate surface area is 165 Å². The monoisotopic (exact) mass is 382 g/mol. The molecule has 1 atom stereocenters. The number of hydrogen-bond acceptors (Lipinski definition) is 3. The highest BCUT2D eigenvalue weighted by Crippen LogP contribution is 2.28. The van der Waals surface area contributed by atoms with Crippen LogP contribution in [0.1, 0.15) is 36.0 Å². The predicted octanol–water partition coefficient (Wildman–Crippen LogP) is 3.61. The van der Waals surface area contributed by atoms with E-state index in [-0.39, 0.29) is 17.8 Å². The summed E-state index contributed by atoms with van der Waals surface area (Å²) in [5.74, 6) is 0.499. The van der Waals surface area contributed by atoms with E-state index in [2.05, 4.69) is 35.2 Å². The van der Waals surface area contributed by atoms with Crippen molar-refractivity contribution < 1.29 is 13.9 Å². The molecule has 2 aromatic rings. The third-order valence-electron chi connectivity index (χ3n) is 5.88. The molecule has 2 heterocycles. The van der Waals surface area contributed by atoms with Gasteiger partial charge >= 0.3 is 0 Å². The zero-order valence-corrected chi connectivity index (χ0v) is 16.1. The molecule has 5 heteroatoms. The van der Waals surface area contributed by atoms with E-state index >= 15 is 0 Å². The maximum Gasteiger partial charge on any atom is 0.236 e. The van der Waals surface area contributed by atoms with Gasteiger partial charge in [0.05, 0.1) is 19.7 Å². The number of likely N-dealkylation sites (tertiary alicyclic amines) is 1. The Morgan fingerprint density at radius 3 is 2.39 bits per heavy atom. The molecule has 2 aromatic carbocycles. The summed E-state index contributed by atoms with van der Waals surface area (Å²) in [5.41, 5.74) is 2.33. The summed E-state index contributed by atoms with van der Waals surface area (Å²) in [7, 11) is 0. The number of benzene rings is 2. The van der Waals surface area contributed by atoms with E-state index in [1.54, 1.807) is 12.1 Å². The van der Waals surface area contributed by atoms with Crippen LogP contribution in [0.2, 0.25) is 0 Å². The highest BCUT2D eigenvalue weighted by molar-refractivity contribution is 5.78. The molecule has 0 radical (unpaired) electrons. The van der Waals surface area contributed by atoms with Gasteiger partial charge < -0.3 is 9.64 Å². The van der Waals surface area contributed by atoms with Crippen molar-refractivity contribution in [3.05, 3.63) is 71.5 Å². The molecule has 0 bridgehead atoms. The minimum Gasteiger partial charge on any atom is -0.370 e. The number of hydrogen-bond donors (Lipinski definition) is 0. The minimum absolute atomic E-state index is 0.161. The maximum atomic E-state index is 13.1. The molecule has 2 aliphatic heterocycles. The number of carbonyl (C=O) groups is 1. The lowest BCUT2D eigenvalue weighted by Gasteiger charge is -2.36. The number of carbonyl (C=O) groups excluding carboxylic acids is 1. The Bertz CT molecular complexity index is 773. The molecule has 4 rings (SSSR count). The fraction of sp³-hybridized carbons (Fsp3) is 0.435. The lowest BCUT2D eigenvalue weighted by molar-refractivity contribution is -0.140. The molecule has 0 spiro atoms. The van der Waals surface area contributed by atoms with Crippen LogP contribution in [0, 0.1) is 5.82 Å². The van der Waals surface area contributed by atoms with E-state index < -0.39 is 0 Å². The molecule has 2 saturated heterocycles. The summed E-state index contributed by atoms with van der Waals surface area (Å²) in [6.45, 7) is 4.05. The largest absolute Gasteiger partial charge is 0.370 e. The molecule has 148 valence electrons. The lowest BCUT2D eigenvalue weighted by atomic mass is 9.89. The van der Waals surface area contributed by atoms with Crippen molar-refractivity contribution in [1.29, 1.82) is 0 Å². The van der Waals surface area contributed by atoms with E-state index in [0.29, 0.717) is 32.2 Å². The van der Waals surface area contributed by atoms with Gasteiger partial charge in [0, 0.05) is 6.54 Å². The molecule has 2 aliphatic rings. The summed E-state index contributed by atoms with van der Waals surface area (Å²) in [6.07, 6.45) is 2.01. The van der Waals surface area contributed by atoms with Gasteiger partial charge in [0.15, 0.2) is 0 Å². The highest BCUT2D eigenvalue weighted by Gasteiger charge is 2.28. The number of rotatable bonds is 4. The summed E-state index contributed by atoms with van der Waals surface area (Å²) < 4.78 is 19.0. The summed E-state index contributed by atoms with van der Waals surface area (Å²) in [6, 6.07) is 17.0. The van der Waals surface area contributed by atoms with E-state index in [9.17, 15) is 9.18 Å². The van der Waals surface area contributed by atoms with Gasteiger partial charge in [0.25, 0.3) is 0 Å². The average Bonchev–Trinajstić information content (AvgIpc) is 2.75. The molecular formula is C23H27FN2O2. The first-order valence-corrected chi connectivity index (χ1v) is 10.1. The van der Waals surface area contributed by atoms with Crippen molar-refractivity contribution in [3.8, 4) is 0 Å². The van der Waals surface area contributed by atoms with Crippen LogP contribution in [0.25, 0.3) is 0 Å². The van der Waals surface area contributed by atoms with E-state index in [0.717, 1.165) is 31.5 Å². The van der Waals surface area contributed by atoms with Crippen molar-refractivity contribution in [2.75, 3.05) is 39.3 Å². The first kappa shape index (κ1) is 19.1. The summed E-state index contributed by atoms with van der Waals surface area (Å²) >= 11 is 0. The lowest BCUT2D eigenvalue weighted by Crippen LogP contribution is -2.47. The smallest absolute Gasteiger partial charge is 0.236 e. The number of morpholine rings is 1. The van der Waals surface area contributed by atoms with Crippen LogP contribution in [0.5, 0.6) is 0 Å². The molecule has 1 amide bonds. The standard InChI is InChI=1S/C23H27FN2O2/c24-21-8-6-20(7-9-21)22-16-26(14-15-28-22)23(27)17-25-12-10-19(11-13-25)18-4-2-1-3-5-18/h1-9,19,22H,10-17H2/t22-/m0/s1. The second-order valence-electron chi connectivity index (χ2n) is 7.71. The van der Waals surface area contributed by atoms with Crippen LogP contribution >= 0.6 is 0 Å². The Hall–Kier alpha value is -2.24. The minimum atomic E-state index is -0.258. The molecule has 28 heavy (non-hydrogen) atoms. The zero-order chi connectivity index (χ0) is 19.3. The van der Waals surface area contributed by atoms with Crippen LogP contribution in [-0.2, 0) is 9.53 Å². The molecule has 4 nitrogen and oxygen atoms in total. The van der Waals surface area contributed by atoms with Gasteiger partial charge in [-0.3, -0.25) is 9.69 Å². The van der Waals surface area contributed by atoms with E-state index in [1.165, 1.54) is 17.7 Å². The molecule has 0 saturated carbocycles. The molecule has 2 fully saturated rings. The Kier molecular flexibility index (Phi) is 6.03. The van der Waals surface area contributed by atoms with E-state index in [1.807, 2.05) is 4.90 Å². The van der Waals surface area contributed by atoms with Gasteiger partial charge in [0.2, 0.25) is 5.91 Å². The SMILES string of the molecule is O=C(CN1CCC(c2ccccc2)CC1)N1CCO[C@H](c2ccc(F)cc2)C1. The number of amides is 1. The second-order valence-corrected chi connectivity index (χ2v) is 7.71. The van der Waals surface area contributed by atoms with Crippen molar-refractivity contribution in [1.82, 2.24) is 9.80 Å². The van der Waals surface area contributed by atoms with Gasteiger partial charge in [0.1, 0.15) is 11.9 Å². The fourth-order valence-corrected chi connectivity index (χ4v) is 4.20. The van der Waals surface area contributed by atoms with Crippen LogP contribution in [-0.4, -0.2) is 55.0 Å². The fourth-order valence-electron chi connectivity index (χ4n) is 4.20. The Balaban J connectivity index is 1.28. The number of ether oxygens (including phenoxy) is 1. The van der Waals surface area contributed by atoms with E-state index in [4.69, 9.17) is 4.74 Å². The maximum absolute atomic E-state index is 13.1. The van der Waals surface area contributed by atoms with Crippen molar-refractivity contribution in [3.63, 3.8) is 0 Å². The van der Waals surface area contributed by atoms with Crippen molar-refractivity contribution >= 4 is 5.91 Å². The highest BCUT2D eigenvalue weighted by atomic mass is 19.1. The van der Waals surface area contributed by atoms with Gasteiger partial charge in [-0.25, -0.2) is 4.39 Å². The number of nitrogens with zero attached hydrogens (tertiary/aromatic N) is 2. The van der Waals surface area contributed by atoms with Crippen LogP contribution in [0.3, 0.4) is 0 Å². The van der Waals surface area contributed by atoms with Crippen molar-refractivity contribution in [2.45, 2.75) is 24.9 Å². The number of halogens is 1. The third-order valence-corrected chi connectivity index (χ3v) is 5.88. The van der Waals surface area contributed by atoms with Gasteiger partial charge in [-0.05, 0) is 55.1 Å². The van der Waals surface area contributed by atoms with Crippen LogP contribution in [0.15, 0.2) is 54.6 Å². The van der Waals surface area contributed by atoms with Crippen LogP contribution in [0.4, 0.5) is 4.39 Å². The molecule has 0 aromatic heterocycles. The molecule has 0 aliphatic carbocycles.